The summed E-state index contributed by atoms with van der Waals surface area (Å²) in [6, 6.07) is 10.9. The molecule has 1 N–H and O–H groups in total. The van der Waals surface area contributed by atoms with E-state index in [9.17, 15) is 0 Å². The van der Waals surface area contributed by atoms with Gasteiger partial charge in [0, 0.05) is 6.54 Å². The molecule has 1 atom stereocenters. The Balaban J connectivity index is 1.37. The van der Waals surface area contributed by atoms with Crippen molar-refractivity contribution in [3.63, 3.8) is 0 Å². The molecular formula is C17H25N. The van der Waals surface area contributed by atoms with Crippen LogP contribution in [0, 0.1) is 11.3 Å². The fourth-order valence-corrected chi connectivity index (χ4v) is 3.19. The highest BCUT2D eigenvalue weighted by atomic mass is 14.9. The van der Waals surface area contributed by atoms with Crippen molar-refractivity contribution < 1.29 is 0 Å². The van der Waals surface area contributed by atoms with Gasteiger partial charge in [0.1, 0.15) is 0 Å². The molecule has 3 rings (SSSR count). The Kier molecular flexibility index (Phi) is 3.43. The Bertz CT molecular complexity index is 376. The minimum Gasteiger partial charge on any atom is -0.316 e. The molecule has 0 radical (unpaired) electrons. The van der Waals surface area contributed by atoms with Crippen LogP contribution < -0.4 is 5.32 Å². The molecule has 2 fully saturated rings. The van der Waals surface area contributed by atoms with Gasteiger partial charge in [-0.25, -0.2) is 0 Å². The molecule has 0 amide bonds. The first-order chi connectivity index (χ1) is 8.80. The monoisotopic (exact) mass is 243 g/mol. The number of nitrogens with one attached hydrogen (secondary N) is 1. The van der Waals surface area contributed by atoms with E-state index >= 15 is 0 Å². The molecule has 2 aliphatic carbocycles. The van der Waals surface area contributed by atoms with Crippen molar-refractivity contribution in [2.24, 2.45) is 11.3 Å². The van der Waals surface area contributed by atoms with E-state index in [1.807, 2.05) is 0 Å². The van der Waals surface area contributed by atoms with E-state index in [2.05, 4.69) is 42.6 Å². The second-order valence-electron chi connectivity index (χ2n) is 6.41. The minimum atomic E-state index is 0.676. The zero-order valence-electron chi connectivity index (χ0n) is 11.5. The van der Waals surface area contributed by atoms with Crippen molar-refractivity contribution in [1.82, 2.24) is 5.32 Å². The van der Waals surface area contributed by atoms with E-state index < -0.39 is 0 Å². The van der Waals surface area contributed by atoms with Gasteiger partial charge in [0.25, 0.3) is 0 Å². The molecule has 98 valence electrons. The summed E-state index contributed by atoms with van der Waals surface area (Å²) in [6.45, 7) is 4.79. The summed E-state index contributed by atoms with van der Waals surface area (Å²) in [5.74, 6) is 1.76. The van der Waals surface area contributed by atoms with E-state index in [0.717, 1.165) is 11.3 Å². The predicted octanol–water partition coefficient (Wildman–Crippen LogP) is 3.96. The normalized spacial score (nSPS) is 22.7. The van der Waals surface area contributed by atoms with Gasteiger partial charge in [-0.3, -0.25) is 0 Å². The van der Waals surface area contributed by atoms with Crippen molar-refractivity contribution >= 4 is 0 Å². The van der Waals surface area contributed by atoms with Crippen LogP contribution in [0.3, 0.4) is 0 Å². The van der Waals surface area contributed by atoms with Crippen LogP contribution in [0.4, 0.5) is 0 Å². The van der Waals surface area contributed by atoms with Crippen LogP contribution in [0.2, 0.25) is 0 Å². The van der Waals surface area contributed by atoms with Crippen LogP contribution in [-0.4, -0.2) is 13.1 Å². The molecule has 0 saturated heterocycles. The maximum absolute atomic E-state index is 3.71. The van der Waals surface area contributed by atoms with E-state index in [0.29, 0.717) is 5.92 Å². The standard InChI is InChI=1S/C17H25N/c1-14(15-5-3-2-4-6-15)9-12-18-13-17(10-11-17)16-7-8-16/h2-6,14,16,18H,7-13H2,1H3. The molecule has 0 aromatic heterocycles. The number of hydrogen-bond acceptors (Lipinski definition) is 1. The summed E-state index contributed by atoms with van der Waals surface area (Å²) in [7, 11) is 0. The maximum Gasteiger partial charge on any atom is 0.00105 e. The summed E-state index contributed by atoms with van der Waals surface area (Å²) >= 11 is 0. The molecular weight excluding hydrogens is 218 g/mol. The first-order valence-electron chi connectivity index (χ1n) is 7.56. The number of rotatable bonds is 7. The molecule has 0 spiro atoms. The van der Waals surface area contributed by atoms with Crippen LogP contribution in [-0.2, 0) is 0 Å². The van der Waals surface area contributed by atoms with E-state index in [-0.39, 0.29) is 0 Å². The number of benzene rings is 1. The fourth-order valence-electron chi connectivity index (χ4n) is 3.19. The highest BCUT2D eigenvalue weighted by Crippen LogP contribution is 2.60. The van der Waals surface area contributed by atoms with Crippen molar-refractivity contribution in [2.75, 3.05) is 13.1 Å². The minimum absolute atomic E-state index is 0.676. The Morgan fingerprint density at radius 1 is 1.22 bits per heavy atom. The third kappa shape index (κ3) is 2.77. The SMILES string of the molecule is CC(CCNCC1(C2CC2)CC1)c1ccccc1. The quantitative estimate of drug-likeness (QED) is 0.715. The van der Waals surface area contributed by atoms with Crippen LogP contribution in [0.5, 0.6) is 0 Å². The van der Waals surface area contributed by atoms with Crippen molar-refractivity contribution in [3.8, 4) is 0 Å². The predicted molar refractivity (Wildman–Crippen MR) is 76.7 cm³/mol. The molecule has 1 aromatic carbocycles. The highest BCUT2D eigenvalue weighted by molar-refractivity contribution is 5.18. The fraction of sp³-hybridized carbons (Fsp3) is 0.647. The van der Waals surface area contributed by atoms with E-state index in [4.69, 9.17) is 0 Å². The van der Waals surface area contributed by atoms with Crippen LogP contribution >= 0.6 is 0 Å². The van der Waals surface area contributed by atoms with Gasteiger partial charge < -0.3 is 5.32 Å². The zero-order valence-corrected chi connectivity index (χ0v) is 11.5. The third-order valence-corrected chi connectivity index (χ3v) is 4.94. The lowest BCUT2D eigenvalue weighted by Crippen LogP contribution is -2.26. The van der Waals surface area contributed by atoms with Gasteiger partial charge in [-0.2, -0.15) is 0 Å². The van der Waals surface area contributed by atoms with Gasteiger partial charge in [0.15, 0.2) is 0 Å². The van der Waals surface area contributed by atoms with E-state index in [1.165, 1.54) is 50.8 Å². The van der Waals surface area contributed by atoms with Gasteiger partial charge in [-0.15, -0.1) is 0 Å². The third-order valence-electron chi connectivity index (χ3n) is 4.94. The topological polar surface area (TPSA) is 12.0 Å². The summed E-state index contributed by atoms with van der Waals surface area (Å²) in [5, 5.41) is 3.71. The summed E-state index contributed by atoms with van der Waals surface area (Å²) < 4.78 is 0. The number of hydrogen-bond donors (Lipinski definition) is 1. The highest BCUT2D eigenvalue weighted by Gasteiger charge is 2.53. The Morgan fingerprint density at radius 2 is 1.94 bits per heavy atom. The molecule has 2 saturated carbocycles. The Morgan fingerprint density at radius 3 is 2.56 bits per heavy atom. The Labute approximate surface area is 111 Å². The summed E-state index contributed by atoms with van der Waals surface area (Å²) in [4.78, 5) is 0. The zero-order chi connectivity index (χ0) is 12.4. The smallest absolute Gasteiger partial charge is 0.00105 e. The molecule has 1 heteroatoms. The molecule has 1 aromatic rings. The van der Waals surface area contributed by atoms with Crippen molar-refractivity contribution in [3.05, 3.63) is 35.9 Å². The molecule has 0 bridgehead atoms. The lowest BCUT2D eigenvalue weighted by atomic mass is 9.97. The molecule has 1 unspecified atom stereocenters. The first-order valence-corrected chi connectivity index (χ1v) is 7.56. The van der Waals surface area contributed by atoms with E-state index in [1.54, 1.807) is 0 Å². The van der Waals surface area contributed by atoms with Gasteiger partial charge in [0.05, 0.1) is 0 Å². The van der Waals surface area contributed by atoms with Gasteiger partial charge >= 0.3 is 0 Å². The first kappa shape index (κ1) is 12.2. The lowest BCUT2D eigenvalue weighted by Gasteiger charge is -2.17. The average Bonchev–Trinajstić information content (AvgIpc) is 3.28. The average molecular weight is 243 g/mol. The van der Waals surface area contributed by atoms with Crippen LogP contribution in [0.15, 0.2) is 30.3 Å². The summed E-state index contributed by atoms with van der Waals surface area (Å²) in [5.41, 5.74) is 2.22. The molecule has 0 heterocycles. The largest absolute Gasteiger partial charge is 0.316 e. The maximum atomic E-state index is 3.71. The van der Waals surface area contributed by atoms with Crippen LogP contribution in [0.25, 0.3) is 0 Å². The van der Waals surface area contributed by atoms with Crippen molar-refractivity contribution in [2.45, 2.75) is 44.9 Å². The second kappa shape index (κ2) is 5.05. The van der Waals surface area contributed by atoms with Crippen molar-refractivity contribution in [1.29, 1.82) is 0 Å². The second-order valence-corrected chi connectivity index (χ2v) is 6.41. The molecule has 0 aliphatic heterocycles. The molecule has 18 heavy (non-hydrogen) atoms. The summed E-state index contributed by atoms with van der Waals surface area (Å²) in [6.07, 6.45) is 7.23. The molecule has 2 aliphatic rings. The Hall–Kier alpha value is -0.820. The van der Waals surface area contributed by atoms with Gasteiger partial charge in [-0.05, 0) is 61.5 Å². The van der Waals surface area contributed by atoms with Crippen LogP contribution in [0.1, 0.15) is 50.5 Å². The van der Waals surface area contributed by atoms with Gasteiger partial charge in [-0.1, -0.05) is 37.3 Å². The lowest BCUT2D eigenvalue weighted by molar-refractivity contribution is 0.399. The van der Waals surface area contributed by atoms with Gasteiger partial charge in [0.2, 0.25) is 0 Å². The molecule has 1 nitrogen and oxygen atoms in total.